The summed E-state index contributed by atoms with van der Waals surface area (Å²) in [5, 5.41) is 6.89. The minimum atomic E-state index is -0.172. The maximum atomic E-state index is 12.7. The van der Waals surface area contributed by atoms with Gasteiger partial charge in [0.05, 0.1) is 6.10 Å². The third kappa shape index (κ3) is 5.23. The van der Waals surface area contributed by atoms with Crippen molar-refractivity contribution in [2.75, 3.05) is 19.7 Å². The van der Waals surface area contributed by atoms with E-state index in [9.17, 15) is 9.59 Å². The molecular formula is C23H27N3O3. The maximum Gasteiger partial charge on any atom is 0.268 e. The molecule has 0 radical (unpaired) electrons. The maximum absolute atomic E-state index is 12.7. The summed E-state index contributed by atoms with van der Waals surface area (Å²) < 4.78 is 7.62. The van der Waals surface area contributed by atoms with Crippen LogP contribution in [0.5, 0.6) is 0 Å². The van der Waals surface area contributed by atoms with Gasteiger partial charge >= 0.3 is 0 Å². The number of amides is 2. The van der Waals surface area contributed by atoms with Crippen molar-refractivity contribution in [2.24, 2.45) is 7.05 Å². The van der Waals surface area contributed by atoms with Crippen LogP contribution in [0.3, 0.4) is 0 Å². The summed E-state index contributed by atoms with van der Waals surface area (Å²) in [6, 6.07) is 18.9. The molecule has 6 nitrogen and oxygen atoms in total. The molecule has 0 bridgehead atoms. The van der Waals surface area contributed by atoms with Crippen LogP contribution in [0.2, 0.25) is 0 Å². The Bertz CT molecular complexity index is 966. The molecule has 1 unspecified atom stereocenters. The van der Waals surface area contributed by atoms with Gasteiger partial charge in [-0.15, -0.1) is 0 Å². The number of rotatable bonds is 9. The first-order chi connectivity index (χ1) is 14.1. The molecule has 29 heavy (non-hydrogen) atoms. The van der Waals surface area contributed by atoms with E-state index in [0.29, 0.717) is 37.4 Å². The van der Waals surface area contributed by atoms with Crippen molar-refractivity contribution in [1.29, 1.82) is 0 Å². The van der Waals surface area contributed by atoms with Crippen molar-refractivity contribution in [1.82, 2.24) is 15.2 Å². The second-order valence-electron chi connectivity index (χ2n) is 6.85. The lowest BCUT2D eigenvalue weighted by atomic mass is 10.2. The SMILES string of the molecule is CCOC(CCNC(=O)c1ccccc1)CNC(=O)c1cc2ccccc2n1C. The average Bonchev–Trinajstić information content (AvgIpc) is 3.09. The van der Waals surface area contributed by atoms with E-state index in [2.05, 4.69) is 10.6 Å². The fourth-order valence-electron chi connectivity index (χ4n) is 3.32. The zero-order valence-electron chi connectivity index (χ0n) is 16.9. The number of nitrogens with zero attached hydrogens (tertiary/aromatic N) is 1. The van der Waals surface area contributed by atoms with Gasteiger partial charge in [-0.25, -0.2) is 0 Å². The molecule has 0 saturated carbocycles. The Morgan fingerprint density at radius 2 is 1.72 bits per heavy atom. The zero-order valence-corrected chi connectivity index (χ0v) is 16.9. The number of ether oxygens (including phenoxy) is 1. The van der Waals surface area contributed by atoms with Crippen LogP contribution in [-0.4, -0.2) is 42.2 Å². The third-order valence-corrected chi connectivity index (χ3v) is 4.86. The number of carbonyl (C=O) groups excluding carboxylic acids is 2. The molecule has 0 aliphatic carbocycles. The normalized spacial score (nSPS) is 11.9. The third-order valence-electron chi connectivity index (χ3n) is 4.86. The number of hydrogen-bond acceptors (Lipinski definition) is 3. The van der Waals surface area contributed by atoms with Crippen LogP contribution in [0.15, 0.2) is 60.7 Å². The van der Waals surface area contributed by atoms with Crippen LogP contribution in [0.4, 0.5) is 0 Å². The first-order valence-corrected chi connectivity index (χ1v) is 9.87. The Morgan fingerprint density at radius 3 is 2.45 bits per heavy atom. The second kappa shape index (κ2) is 9.89. The Labute approximate surface area is 170 Å². The number of hydrogen-bond donors (Lipinski definition) is 2. The molecule has 152 valence electrons. The predicted octanol–water partition coefficient (Wildman–Crippen LogP) is 3.13. The number of aromatic nitrogens is 1. The molecular weight excluding hydrogens is 366 g/mol. The monoisotopic (exact) mass is 393 g/mol. The smallest absolute Gasteiger partial charge is 0.268 e. The minimum absolute atomic E-state index is 0.111. The van der Waals surface area contributed by atoms with E-state index in [0.717, 1.165) is 10.9 Å². The molecule has 2 aromatic carbocycles. The molecule has 6 heteroatoms. The molecule has 0 aliphatic rings. The molecule has 1 heterocycles. The van der Waals surface area contributed by atoms with Crippen LogP contribution in [-0.2, 0) is 11.8 Å². The lowest BCUT2D eigenvalue weighted by Gasteiger charge is -2.18. The summed E-state index contributed by atoms with van der Waals surface area (Å²) >= 11 is 0. The highest BCUT2D eigenvalue weighted by atomic mass is 16.5. The van der Waals surface area contributed by atoms with Gasteiger partial charge in [0, 0.05) is 43.2 Å². The predicted molar refractivity (Wildman–Crippen MR) is 114 cm³/mol. The van der Waals surface area contributed by atoms with Crippen LogP contribution < -0.4 is 10.6 Å². The van der Waals surface area contributed by atoms with Gasteiger partial charge in [-0.2, -0.15) is 0 Å². The molecule has 0 fully saturated rings. The number of fused-ring (bicyclic) bond motifs is 1. The summed E-state index contributed by atoms with van der Waals surface area (Å²) in [5.41, 5.74) is 2.26. The topological polar surface area (TPSA) is 72.4 Å². The summed E-state index contributed by atoms with van der Waals surface area (Å²) in [4.78, 5) is 24.8. The quantitative estimate of drug-likeness (QED) is 0.587. The summed E-state index contributed by atoms with van der Waals surface area (Å²) in [6.45, 7) is 3.32. The number of nitrogens with one attached hydrogen (secondary N) is 2. The van der Waals surface area contributed by atoms with E-state index >= 15 is 0 Å². The van der Waals surface area contributed by atoms with Gasteiger partial charge in [0.1, 0.15) is 5.69 Å². The van der Waals surface area contributed by atoms with Gasteiger partial charge in [-0.1, -0.05) is 36.4 Å². The van der Waals surface area contributed by atoms with Crippen molar-refractivity contribution in [3.63, 3.8) is 0 Å². The van der Waals surface area contributed by atoms with Gasteiger partial charge in [-0.3, -0.25) is 9.59 Å². The minimum Gasteiger partial charge on any atom is -0.377 e. The molecule has 0 spiro atoms. The van der Waals surface area contributed by atoms with E-state index in [1.54, 1.807) is 12.1 Å². The first-order valence-electron chi connectivity index (χ1n) is 9.87. The van der Waals surface area contributed by atoms with E-state index < -0.39 is 0 Å². The van der Waals surface area contributed by atoms with Crippen molar-refractivity contribution in [2.45, 2.75) is 19.4 Å². The summed E-state index contributed by atoms with van der Waals surface area (Å²) in [7, 11) is 1.89. The molecule has 2 N–H and O–H groups in total. The fourth-order valence-corrected chi connectivity index (χ4v) is 3.32. The lowest BCUT2D eigenvalue weighted by molar-refractivity contribution is 0.0533. The molecule has 2 amide bonds. The van der Waals surface area contributed by atoms with Crippen molar-refractivity contribution >= 4 is 22.7 Å². The molecule has 3 rings (SSSR count). The van der Waals surface area contributed by atoms with Crippen LogP contribution in [0, 0.1) is 0 Å². The highest BCUT2D eigenvalue weighted by molar-refractivity contribution is 5.98. The number of aryl methyl sites for hydroxylation is 1. The first kappa shape index (κ1) is 20.6. The van der Waals surface area contributed by atoms with Gasteiger partial charge in [0.2, 0.25) is 0 Å². The van der Waals surface area contributed by atoms with Gasteiger partial charge in [-0.05, 0) is 37.6 Å². The van der Waals surface area contributed by atoms with Crippen LogP contribution in [0.1, 0.15) is 34.2 Å². The highest BCUT2D eigenvalue weighted by Gasteiger charge is 2.16. The second-order valence-corrected chi connectivity index (χ2v) is 6.85. The zero-order chi connectivity index (χ0) is 20.6. The highest BCUT2D eigenvalue weighted by Crippen LogP contribution is 2.18. The van der Waals surface area contributed by atoms with Crippen LogP contribution in [0.25, 0.3) is 10.9 Å². The van der Waals surface area contributed by atoms with Gasteiger partial charge in [0.15, 0.2) is 0 Å². The average molecular weight is 393 g/mol. The Balaban J connectivity index is 1.52. The standard InChI is InChI=1S/C23H27N3O3/c1-3-29-19(13-14-24-22(27)17-9-5-4-6-10-17)16-25-23(28)21-15-18-11-7-8-12-20(18)26(21)2/h4-12,15,19H,3,13-14,16H2,1-2H3,(H,24,27)(H,25,28). The number of para-hydroxylation sites is 1. The van der Waals surface area contributed by atoms with E-state index in [-0.39, 0.29) is 17.9 Å². The van der Waals surface area contributed by atoms with E-state index in [1.165, 1.54) is 0 Å². The van der Waals surface area contributed by atoms with Crippen molar-refractivity contribution < 1.29 is 14.3 Å². The van der Waals surface area contributed by atoms with Gasteiger partial charge in [0.25, 0.3) is 11.8 Å². The van der Waals surface area contributed by atoms with E-state index in [4.69, 9.17) is 4.74 Å². The van der Waals surface area contributed by atoms with Crippen molar-refractivity contribution in [3.8, 4) is 0 Å². The van der Waals surface area contributed by atoms with E-state index in [1.807, 2.05) is 67.1 Å². The van der Waals surface area contributed by atoms with Gasteiger partial charge < -0.3 is 19.9 Å². The lowest BCUT2D eigenvalue weighted by Crippen LogP contribution is -2.37. The Hall–Kier alpha value is -3.12. The van der Waals surface area contributed by atoms with Crippen LogP contribution >= 0.6 is 0 Å². The summed E-state index contributed by atoms with van der Waals surface area (Å²) in [5.74, 6) is -0.248. The summed E-state index contributed by atoms with van der Waals surface area (Å²) in [6.07, 6.45) is 0.441. The van der Waals surface area contributed by atoms with Crippen molar-refractivity contribution in [3.05, 3.63) is 71.9 Å². The largest absolute Gasteiger partial charge is 0.377 e. The molecule has 0 saturated heterocycles. The molecule has 3 aromatic rings. The Morgan fingerprint density at radius 1 is 1.00 bits per heavy atom. The number of benzene rings is 2. The molecule has 1 aromatic heterocycles. The fraction of sp³-hybridized carbons (Fsp3) is 0.304. The molecule has 0 aliphatic heterocycles. The number of carbonyl (C=O) groups is 2. The molecule has 1 atom stereocenters. The Kier molecular flexibility index (Phi) is 7.03.